The van der Waals surface area contributed by atoms with E-state index in [0.29, 0.717) is 52.4 Å². The average molecular weight is 463 g/mol. The first-order valence-corrected chi connectivity index (χ1v) is 10.7. The zero-order chi connectivity index (χ0) is 24.2. The summed E-state index contributed by atoms with van der Waals surface area (Å²) in [6, 6.07) is 11.0. The van der Waals surface area contributed by atoms with Crippen LogP contribution in [0.5, 0.6) is 11.5 Å². The number of rotatable bonds is 9. The van der Waals surface area contributed by atoms with Crippen molar-refractivity contribution in [1.29, 1.82) is 0 Å². The van der Waals surface area contributed by atoms with Crippen LogP contribution in [0.2, 0.25) is 0 Å². The molecule has 3 aromatic rings. The Kier molecular flexibility index (Phi) is 6.74. The lowest BCUT2D eigenvalue weighted by molar-refractivity contribution is -0.137. The number of aryl methyl sites for hydroxylation is 1. The van der Waals surface area contributed by atoms with Crippen molar-refractivity contribution in [3.63, 3.8) is 0 Å². The van der Waals surface area contributed by atoms with Crippen molar-refractivity contribution < 1.29 is 23.5 Å². The van der Waals surface area contributed by atoms with Gasteiger partial charge >= 0.3 is 0 Å². The Morgan fingerprint density at radius 2 is 1.85 bits per heavy atom. The van der Waals surface area contributed by atoms with E-state index >= 15 is 0 Å². The van der Waals surface area contributed by atoms with Gasteiger partial charge in [-0.15, -0.1) is 0 Å². The molecule has 9 heteroatoms. The van der Waals surface area contributed by atoms with Crippen LogP contribution in [0.4, 0.5) is 4.39 Å². The molecule has 2 amide bonds. The number of hydrogen-bond donors (Lipinski definition) is 1. The summed E-state index contributed by atoms with van der Waals surface area (Å²) in [6.07, 6.45) is 2.35. The molecule has 2 heterocycles. The number of halogens is 1. The van der Waals surface area contributed by atoms with Crippen molar-refractivity contribution in [2.24, 2.45) is 0 Å². The lowest BCUT2D eigenvalue weighted by Crippen LogP contribution is -2.30. The maximum Gasteiger partial charge on any atom is 0.261 e. The highest BCUT2D eigenvalue weighted by molar-refractivity contribution is 6.34. The van der Waals surface area contributed by atoms with Gasteiger partial charge in [0.05, 0.1) is 26.3 Å². The van der Waals surface area contributed by atoms with Crippen molar-refractivity contribution in [2.45, 2.75) is 19.4 Å². The molecule has 0 bridgehead atoms. The van der Waals surface area contributed by atoms with Crippen LogP contribution in [0.1, 0.15) is 23.2 Å². The van der Waals surface area contributed by atoms with Gasteiger partial charge < -0.3 is 15.2 Å². The first kappa shape index (κ1) is 23.2. The number of imide groups is 1. The molecule has 8 nitrogen and oxygen atoms in total. The molecule has 34 heavy (non-hydrogen) atoms. The van der Waals surface area contributed by atoms with Crippen LogP contribution >= 0.6 is 0 Å². The molecule has 2 N–H and O–H groups in total. The van der Waals surface area contributed by atoms with Gasteiger partial charge in [0.1, 0.15) is 23.0 Å². The molecule has 1 aliphatic heterocycles. The van der Waals surface area contributed by atoms with E-state index < -0.39 is 11.8 Å². The number of ether oxygens (including phenoxy) is 2. The first-order valence-electron chi connectivity index (χ1n) is 10.7. The number of carbonyl (C=O) groups is 2. The van der Waals surface area contributed by atoms with Crippen molar-refractivity contribution in [2.75, 3.05) is 20.8 Å². The number of benzene rings is 2. The molecule has 2 aromatic carbocycles. The summed E-state index contributed by atoms with van der Waals surface area (Å²) in [5.74, 6) is -0.198. The molecule has 0 atom stereocenters. The number of aromatic amines is 1. The van der Waals surface area contributed by atoms with Gasteiger partial charge in [-0.1, -0.05) is 6.42 Å². The Morgan fingerprint density at radius 1 is 1.09 bits per heavy atom. The highest BCUT2D eigenvalue weighted by atomic mass is 19.1. The molecule has 1 aliphatic rings. The second-order valence-corrected chi connectivity index (χ2v) is 7.75. The fourth-order valence-corrected chi connectivity index (χ4v) is 3.92. The first-order chi connectivity index (χ1) is 16.5. The molecule has 0 saturated heterocycles. The second-order valence-electron chi connectivity index (χ2n) is 7.75. The fourth-order valence-electron chi connectivity index (χ4n) is 3.92. The molecular formula is C25H24FN4O4-. The Balaban J connectivity index is 1.69. The van der Waals surface area contributed by atoms with Crippen LogP contribution in [0.15, 0.2) is 48.5 Å². The third-order valence-electron chi connectivity index (χ3n) is 5.66. The van der Waals surface area contributed by atoms with Gasteiger partial charge in [-0.25, -0.2) is 4.39 Å². The van der Waals surface area contributed by atoms with E-state index in [1.165, 1.54) is 25.3 Å². The zero-order valence-corrected chi connectivity index (χ0v) is 18.9. The van der Waals surface area contributed by atoms with Crippen LogP contribution < -0.4 is 9.47 Å². The number of hydrogen-bond acceptors (Lipinski definition) is 5. The molecule has 4 rings (SSSR count). The summed E-state index contributed by atoms with van der Waals surface area (Å²) in [6.45, 7) is 0.232. The van der Waals surface area contributed by atoms with Gasteiger partial charge in [0.15, 0.2) is 0 Å². The van der Waals surface area contributed by atoms with Gasteiger partial charge in [-0.3, -0.25) is 19.6 Å². The van der Waals surface area contributed by atoms with Crippen molar-refractivity contribution in [1.82, 2.24) is 15.1 Å². The third-order valence-corrected chi connectivity index (χ3v) is 5.66. The Labute approximate surface area is 196 Å². The zero-order valence-electron chi connectivity index (χ0n) is 18.9. The number of amides is 2. The summed E-state index contributed by atoms with van der Waals surface area (Å²) in [7, 11) is 3.05. The summed E-state index contributed by atoms with van der Waals surface area (Å²) >= 11 is 0. The summed E-state index contributed by atoms with van der Waals surface area (Å²) in [4.78, 5) is 27.5. The number of nitrogens with zero attached hydrogens (tertiary/aromatic N) is 2. The maximum absolute atomic E-state index is 13.5. The normalized spacial score (nSPS) is 13.4. The van der Waals surface area contributed by atoms with E-state index in [1.54, 1.807) is 37.4 Å². The van der Waals surface area contributed by atoms with Gasteiger partial charge in [-0.05, 0) is 42.8 Å². The van der Waals surface area contributed by atoms with Crippen molar-refractivity contribution >= 4 is 17.4 Å². The molecule has 0 aliphatic carbocycles. The van der Waals surface area contributed by atoms with E-state index in [9.17, 15) is 14.0 Å². The predicted molar refractivity (Wildman–Crippen MR) is 125 cm³/mol. The SMILES string of the molecule is COc1ccc(CN2C(=O)C=C(c3c(-c4ccc(F)cc4)n[nH]c3CCC[NH-])C2=O)c(OC)c1. The number of H-pyrrole nitrogens is 1. The molecule has 0 fully saturated rings. The second kappa shape index (κ2) is 9.88. The van der Waals surface area contributed by atoms with Crippen LogP contribution in [-0.2, 0) is 22.6 Å². The standard InChI is InChI=1S/C25H24FN4O4/c1-33-18-10-7-16(21(12-18)34-2)14-30-22(31)13-19(25(30)32)23-20(4-3-11-27)28-29-24(23)15-5-8-17(26)9-6-15/h5-10,12-13,27H,3-4,11,14H2,1-2H3,(H,28,29)/q-1. The van der Waals surface area contributed by atoms with Crippen LogP contribution in [0, 0.1) is 5.82 Å². The molecule has 0 saturated carbocycles. The van der Waals surface area contributed by atoms with E-state index in [0.717, 1.165) is 4.90 Å². The fraction of sp³-hybridized carbons (Fsp3) is 0.240. The molecule has 176 valence electrons. The Bertz CT molecular complexity index is 1250. The smallest absolute Gasteiger partial charge is 0.261 e. The molecule has 0 spiro atoms. The Morgan fingerprint density at radius 3 is 2.53 bits per heavy atom. The van der Waals surface area contributed by atoms with E-state index in [2.05, 4.69) is 10.2 Å². The van der Waals surface area contributed by atoms with E-state index in [4.69, 9.17) is 15.2 Å². The van der Waals surface area contributed by atoms with Crippen LogP contribution in [0.3, 0.4) is 0 Å². The number of aromatic nitrogens is 2. The maximum atomic E-state index is 13.5. The minimum atomic E-state index is -0.459. The Hall–Kier alpha value is -3.98. The topological polar surface area (TPSA) is 108 Å². The number of methoxy groups -OCH3 is 2. The van der Waals surface area contributed by atoms with Crippen LogP contribution in [-0.4, -0.2) is 47.7 Å². The molecule has 0 radical (unpaired) electrons. The lowest BCUT2D eigenvalue weighted by Gasteiger charge is -2.18. The summed E-state index contributed by atoms with van der Waals surface area (Å²) in [5, 5.41) is 7.31. The van der Waals surface area contributed by atoms with E-state index in [1.807, 2.05) is 0 Å². The quantitative estimate of drug-likeness (QED) is 0.479. The molecule has 0 unspecified atom stereocenters. The highest BCUT2D eigenvalue weighted by Crippen LogP contribution is 2.35. The number of carbonyl (C=O) groups excluding carboxylic acids is 2. The van der Waals surface area contributed by atoms with Gasteiger partial charge in [0.2, 0.25) is 0 Å². The van der Waals surface area contributed by atoms with Crippen molar-refractivity contribution in [3.05, 3.63) is 76.9 Å². The number of nitrogens with one attached hydrogen (secondary N) is 2. The van der Waals surface area contributed by atoms with Gasteiger partial charge in [-0.2, -0.15) is 11.6 Å². The average Bonchev–Trinajstić information content (AvgIpc) is 3.39. The van der Waals surface area contributed by atoms with Gasteiger partial charge in [0.25, 0.3) is 11.8 Å². The highest BCUT2D eigenvalue weighted by Gasteiger charge is 2.35. The molecular weight excluding hydrogens is 439 g/mol. The van der Waals surface area contributed by atoms with E-state index in [-0.39, 0.29) is 24.5 Å². The largest absolute Gasteiger partial charge is 0.677 e. The third kappa shape index (κ3) is 4.42. The minimum Gasteiger partial charge on any atom is -0.677 e. The monoisotopic (exact) mass is 463 g/mol. The summed E-state index contributed by atoms with van der Waals surface area (Å²) in [5.41, 5.74) is 10.6. The predicted octanol–water partition coefficient (Wildman–Crippen LogP) is 4.17. The van der Waals surface area contributed by atoms with Crippen LogP contribution in [0.25, 0.3) is 22.6 Å². The van der Waals surface area contributed by atoms with Gasteiger partial charge in [0, 0.05) is 34.5 Å². The van der Waals surface area contributed by atoms with Crippen molar-refractivity contribution in [3.8, 4) is 22.8 Å². The lowest BCUT2D eigenvalue weighted by atomic mass is 9.97. The molecule has 1 aromatic heterocycles. The minimum absolute atomic E-state index is 0.0244. The summed E-state index contributed by atoms with van der Waals surface area (Å²) < 4.78 is 24.1.